The van der Waals surface area contributed by atoms with Crippen LogP contribution in [0.5, 0.6) is 0 Å². The molecule has 92 valence electrons. The second-order valence-corrected chi connectivity index (χ2v) is 4.41. The molecular formula is C12H21NO3. The van der Waals surface area contributed by atoms with E-state index in [0.29, 0.717) is 19.5 Å². The Balaban J connectivity index is 2.59. The molecule has 0 spiro atoms. The second-order valence-electron chi connectivity index (χ2n) is 4.41. The molecule has 1 amide bonds. The zero-order valence-electron chi connectivity index (χ0n) is 10.1. The summed E-state index contributed by atoms with van der Waals surface area (Å²) in [7, 11) is 0. The number of carboxylic acid groups (broad SMARTS) is 1. The molecule has 0 aliphatic heterocycles. The van der Waals surface area contributed by atoms with Gasteiger partial charge in [0.25, 0.3) is 0 Å². The van der Waals surface area contributed by atoms with Crippen molar-refractivity contribution in [3.63, 3.8) is 0 Å². The maximum Gasteiger partial charge on any atom is 0.306 e. The fourth-order valence-electron chi connectivity index (χ4n) is 2.43. The van der Waals surface area contributed by atoms with Gasteiger partial charge in [-0.2, -0.15) is 0 Å². The van der Waals surface area contributed by atoms with Crippen molar-refractivity contribution in [2.24, 2.45) is 11.8 Å². The van der Waals surface area contributed by atoms with Gasteiger partial charge in [0.1, 0.15) is 0 Å². The normalized spacial score (nSPS) is 25.1. The zero-order valence-corrected chi connectivity index (χ0v) is 10.1. The average molecular weight is 227 g/mol. The topological polar surface area (TPSA) is 57.6 Å². The largest absolute Gasteiger partial charge is 0.481 e. The summed E-state index contributed by atoms with van der Waals surface area (Å²) in [5, 5.41) is 8.97. The highest BCUT2D eigenvalue weighted by molar-refractivity contribution is 5.80. The third-order valence-electron chi connectivity index (χ3n) is 3.45. The summed E-state index contributed by atoms with van der Waals surface area (Å²) in [6.07, 6.45) is 2.94. The first-order valence-electron chi connectivity index (χ1n) is 6.11. The average Bonchev–Trinajstić information content (AvgIpc) is 2.30. The van der Waals surface area contributed by atoms with Crippen LogP contribution >= 0.6 is 0 Å². The minimum atomic E-state index is -0.753. The number of amides is 1. The number of carbonyl (C=O) groups excluding carboxylic acids is 1. The molecule has 0 heterocycles. The van der Waals surface area contributed by atoms with E-state index in [0.717, 1.165) is 19.3 Å². The Labute approximate surface area is 96.6 Å². The molecule has 1 fully saturated rings. The van der Waals surface area contributed by atoms with Crippen molar-refractivity contribution in [3.8, 4) is 0 Å². The number of nitrogens with zero attached hydrogens (tertiary/aromatic N) is 1. The molecule has 0 aromatic rings. The number of carboxylic acids is 1. The van der Waals surface area contributed by atoms with Gasteiger partial charge in [-0.15, -0.1) is 0 Å². The Bertz CT molecular complexity index is 261. The van der Waals surface area contributed by atoms with Gasteiger partial charge in [0.2, 0.25) is 5.91 Å². The lowest BCUT2D eigenvalue weighted by atomic mass is 9.81. The fraction of sp³-hybridized carbons (Fsp3) is 0.833. The van der Waals surface area contributed by atoms with Crippen LogP contribution in [-0.2, 0) is 9.59 Å². The maximum atomic E-state index is 12.1. The molecule has 1 rings (SSSR count). The summed E-state index contributed by atoms with van der Waals surface area (Å²) in [4.78, 5) is 24.8. The van der Waals surface area contributed by atoms with Gasteiger partial charge in [-0.05, 0) is 33.1 Å². The summed E-state index contributed by atoms with van der Waals surface area (Å²) in [6.45, 7) is 5.34. The first-order valence-corrected chi connectivity index (χ1v) is 6.11. The lowest BCUT2D eigenvalue weighted by molar-refractivity contribution is -0.145. The standard InChI is InChI=1S/C12H21NO3/c1-3-13(4-2)11(14)9-6-5-7-10(8-9)12(15)16/h9-10H,3-8H2,1-2H3,(H,15,16). The lowest BCUT2D eigenvalue weighted by Gasteiger charge is -2.30. The SMILES string of the molecule is CCN(CC)C(=O)C1CCCC(C(=O)O)C1. The van der Waals surface area contributed by atoms with Crippen molar-refractivity contribution in [1.82, 2.24) is 4.90 Å². The van der Waals surface area contributed by atoms with Gasteiger partial charge >= 0.3 is 5.97 Å². The molecule has 0 bridgehead atoms. The predicted molar refractivity (Wildman–Crippen MR) is 61.0 cm³/mol. The van der Waals surface area contributed by atoms with E-state index < -0.39 is 5.97 Å². The molecule has 2 atom stereocenters. The van der Waals surface area contributed by atoms with Gasteiger partial charge in [-0.25, -0.2) is 0 Å². The smallest absolute Gasteiger partial charge is 0.306 e. The molecule has 16 heavy (non-hydrogen) atoms. The molecule has 0 radical (unpaired) electrons. The zero-order chi connectivity index (χ0) is 12.1. The Morgan fingerprint density at radius 3 is 2.25 bits per heavy atom. The van der Waals surface area contributed by atoms with E-state index in [9.17, 15) is 9.59 Å². The van der Waals surface area contributed by atoms with Gasteiger partial charge in [-0.1, -0.05) is 6.42 Å². The van der Waals surface area contributed by atoms with Crippen molar-refractivity contribution in [2.75, 3.05) is 13.1 Å². The molecule has 0 aromatic heterocycles. The Kier molecular flexibility index (Phi) is 4.77. The van der Waals surface area contributed by atoms with E-state index in [2.05, 4.69) is 0 Å². The molecule has 1 aliphatic carbocycles. The van der Waals surface area contributed by atoms with Crippen molar-refractivity contribution in [3.05, 3.63) is 0 Å². The van der Waals surface area contributed by atoms with Crippen molar-refractivity contribution in [2.45, 2.75) is 39.5 Å². The van der Waals surface area contributed by atoms with Crippen molar-refractivity contribution >= 4 is 11.9 Å². The molecule has 4 heteroatoms. The summed E-state index contributed by atoms with van der Waals surface area (Å²) < 4.78 is 0. The lowest BCUT2D eigenvalue weighted by Crippen LogP contribution is -2.38. The van der Waals surface area contributed by atoms with Crippen LogP contribution in [0.4, 0.5) is 0 Å². The summed E-state index contributed by atoms with van der Waals surface area (Å²) in [5.74, 6) is -1.01. The van der Waals surface area contributed by atoms with Gasteiger partial charge in [0.05, 0.1) is 5.92 Å². The van der Waals surface area contributed by atoms with Gasteiger partial charge < -0.3 is 10.0 Å². The van der Waals surface area contributed by atoms with Crippen LogP contribution in [0, 0.1) is 11.8 Å². The molecule has 1 N–H and O–H groups in total. The number of hydrogen-bond acceptors (Lipinski definition) is 2. The van der Waals surface area contributed by atoms with E-state index in [-0.39, 0.29) is 17.7 Å². The molecule has 4 nitrogen and oxygen atoms in total. The fourth-order valence-corrected chi connectivity index (χ4v) is 2.43. The van der Waals surface area contributed by atoms with Crippen LogP contribution in [-0.4, -0.2) is 35.0 Å². The van der Waals surface area contributed by atoms with Crippen molar-refractivity contribution < 1.29 is 14.7 Å². The van der Waals surface area contributed by atoms with Crippen molar-refractivity contribution in [1.29, 1.82) is 0 Å². The third-order valence-corrected chi connectivity index (χ3v) is 3.45. The predicted octanol–water partition coefficient (Wildman–Crippen LogP) is 1.75. The highest BCUT2D eigenvalue weighted by Crippen LogP contribution is 2.30. The van der Waals surface area contributed by atoms with Crippen LogP contribution < -0.4 is 0 Å². The minimum Gasteiger partial charge on any atom is -0.481 e. The monoisotopic (exact) mass is 227 g/mol. The molecule has 0 aromatic carbocycles. The number of hydrogen-bond donors (Lipinski definition) is 1. The highest BCUT2D eigenvalue weighted by Gasteiger charge is 2.32. The van der Waals surface area contributed by atoms with E-state index in [1.165, 1.54) is 0 Å². The van der Waals surface area contributed by atoms with E-state index >= 15 is 0 Å². The number of carbonyl (C=O) groups is 2. The Hall–Kier alpha value is -1.06. The first-order chi connectivity index (χ1) is 7.60. The molecule has 2 unspecified atom stereocenters. The van der Waals surface area contributed by atoms with Gasteiger partial charge in [-0.3, -0.25) is 9.59 Å². The Morgan fingerprint density at radius 1 is 1.19 bits per heavy atom. The molecular weight excluding hydrogens is 206 g/mol. The van der Waals surface area contributed by atoms with E-state index in [4.69, 9.17) is 5.11 Å². The van der Waals surface area contributed by atoms with Crippen LogP contribution in [0.2, 0.25) is 0 Å². The van der Waals surface area contributed by atoms with E-state index in [1.54, 1.807) is 4.90 Å². The number of rotatable bonds is 4. The second kappa shape index (κ2) is 5.87. The number of aliphatic carboxylic acids is 1. The summed E-state index contributed by atoms with van der Waals surface area (Å²) in [5.41, 5.74) is 0. The Morgan fingerprint density at radius 2 is 1.75 bits per heavy atom. The van der Waals surface area contributed by atoms with Crippen LogP contribution in [0.25, 0.3) is 0 Å². The summed E-state index contributed by atoms with van der Waals surface area (Å²) >= 11 is 0. The van der Waals surface area contributed by atoms with Crippen LogP contribution in [0.15, 0.2) is 0 Å². The minimum absolute atomic E-state index is 0.0743. The highest BCUT2D eigenvalue weighted by atomic mass is 16.4. The quantitative estimate of drug-likeness (QED) is 0.796. The summed E-state index contributed by atoms with van der Waals surface area (Å²) in [6, 6.07) is 0. The van der Waals surface area contributed by atoms with Gasteiger partial charge in [0.15, 0.2) is 0 Å². The maximum absolute atomic E-state index is 12.1. The van der Waals surface area contributed by atoms with Crippen LogP contribution in [0.3, 0.4) is 0 Å². The first kappa shape index (κ1) is 13.0. The third kappa shape index (κ3) is 2.97. The molecule has 0 saturated heterocycles. The molecule has 1 saturated carbocycles. The van der Waals surface area contributed by atoms with E-state index in [1.807, 2.05) is 13.8 Å². The molecule has 1 aliphatic rings. The van der Waals surface area contributed by atoms with Crippen LogP contribution in [0.1, 0.15) is 39.5 Å². The van der Waals surface area contributed by atoms with Gasteiger partial charge in [0, 0.05) is 19.0 Å².